The van der Waals surface area contributed by atoms with Crippen LogP contribution >= 0.6 is 11.6 Å². The zero-order valence-corrected chi connectivity index (χ0v) is 18.2. The van der Waals surface area contributed by atoms with E-state index in [1.54, 1.807) is 24.1 Å². The Morgan fingerprint density at radius 3 is 2.14 bits per heavy atom. The van der Waals surface area contributed by atoms with Gasteiger partial charge in [-0.3, -0.25) is 9.59 Å². The van der Waals surface area contributed by atoms with Crippen LogP contribution in [0.1, 0.15) is 38.3 Å². The maximum absolute atomic E-state index is 13.2. The summed E-state index contributed by atoms with van der Waals surface area (Å²) in [4.78, 5) is 27.6. The first-order chi connectivity index (χ1) is 13.8. The molecule has 6 heteroatoms. The van der Waals surface area contributed by atoms with E-state index in [9.17, 15) is 9.59 Å². The molecule has 0 aliphatic rings. The van der Waals surface area contributed by atoms with Crippen LogP contribution in [0.4, 0.5) is 0 Å². The summed E-state index contributed by atoms with van der Waals surface area (Å²) >= 11 is 5.99. The molecule has 29 heavy (non-hydrogen) atoms. The molecule has 0 saturated heterocycles. The van der Waals surface area contributed by atoms with Crippen LogP contribution < -0.4 is 10.1 Å². The summed E-state index contributed by atoms with van der Waals surface area (Å²) in [6.45, 7) is 6.08. The molecule has 0 fully saturated rings. The lowest BCUT2D eigenvalue weighted by Gasteiger charge is -2.31. The summed E-state index contributed by atoms with van der Waals surface area (Å²) in [5.74, 6) is 0.498. The summed E-state index contributed by atoms with van der Waals surface area (Å²) in [5, 5.41) is 3.57. The molecule has 2 rings (SSSR count). The minimum absolute atomic E-state index is 0.00521. The lowest BCUT2D eigenvalue weighted by Crippen LogP contribution is -2.50. The van der Waals surface area contributed by atoms with Crippen LogP contribution in [0.15, 0.2) is 48.5 Å². The second kappa shape index (κ2) is 10.9. The largest absolute Gasteiger partial charge is 0.497 e. The number of carbonyl (C=O) groups is 2. The third-order valence-corrected chi connectivity index (χ3v) is 4.85. The predicted molar refractivity (Wildman–Crippen MR) is 116 cm³/mol. The fourth-order valence-corrected chi connectivity index (χ4v) is 3.23. The van der Waals surface area contributed by atoms with Crippen molar-refractivity contribution in [3.63, 3.8) is 0 Å². The Morgan fingerprint density at radius 2 is 1.62 bits per heavy atom. The van der Waals surface area contributed by atoms with Gasteiger partial charge in [0.1, 0.15) is 11.8 Å². The molecule has 0 aliphatic heterocycles. The Hall–Kier alpha value is -2.53. The first-order valence-electron chi connectivity index (χ1n) is 9.81. The van der Waals surface area contributed by atoms with Crippen LogP contribution in [0.25, 0.3) is 0 Å². The molecule has 1 N–H and O–H groups in total. The van der Waals surface area contributed by atoms with Crippen molar-refractivity contribution in [1.29, 1.82) is 0 Å². The number of benzene rings is 2. The number of nitrogens with zero attached hydrogens (tertiary/aromatic N) is 1. The van der Waals surface area contributed by atoms with Crippen molar-refractivity contribution >= 4 is 23.4 Å². The molecule has 1 atom stereocenters. The van der Waals surface area contributed by atoms with E-state index in [4.69, 9.17) is 16.3 Å². The first kappa shape index (κ1) is 22.8. The summed E-state index contributed by atoms with van der Waals surface area (Å²) < 4.78 is 5.18. The van der Waals surface area contributed by atoms with Crippen LogP contribution in [0.2, 0.25) is 5.02 Å². The van der Waals surface area contributed by atoms with Gasteiger partial charge >= 0.3 is 0 Å². The van der Waals surface area contributed by atoms with Gasteiger partial charge in [-0.15, -0.1) is 0 Å². The van der Waals surface area contributed by atoms with Crippen molar-refractivity contribution in [2.45, 2.75) is 52.2 Å². The van der Waals surface area contributed by atoms with Gasteiger partial charge in [0, 0.05) is 17.6 Å². The molecular weight excluding hydrogens is 388 g/mol. The van der Waals surface area contributed by atoms with Gasteiger partial charge in [0.05, 0.1) is 13.5 Å². The smallest absolute Gasteiger partial charge is 0.243 e. The highest BCUT2D eigenvalue weighted by Gasteiger charge is 2.29. The molecule has 0 aliphatic carbocycles. The summed E-state index contributed by atoms with van der Waals surface area (Å²) in [5.41, 5.74) is 1.80. The van der Waals surface area contributed by atoms with E-state index >= 15 is 0 Å². The van der Waals surface area contributed by atoms with E-state index in [1.807, 2.05) is 57.2 Å². The Labute approximate surface area is 178 Å². The quantitative estimate of drug-likeness (QED) is 0.665. The van der Waals surface area contributed by atoms with Crippen molar-refractivity contribution in [2.24, 2.45) is 0 Å². The Bertz CT molecular complexity index is 804. The van der Waals surface area contributed by atoms with Crippen molar-refractivity contribution in [2.75, 3.05) is 7.11 Å². The molecule has 0 spiro atoms. The van der Waals surface area contributed by atoms with E-state index < -0.39 is 6.04 Å². The maximum atomic E-state index is 13.2. The SMILES string of the molecule is CC[C@H](C(=O)NC(C)C)N(Cc1ccc(Cl)cc1)C(=O)Cc1ccc(OC)cc1. The van der Waals surface area contributed by atoms with Crippen molar-refractivity contribution < 1.29 is 14.3 Å². The third-order valence-electron chi connectivity index (χ3n) is 4.60. The lowest BCUT2D eigenvalue weighted by atomic mass is 10.1. The van der Waals surface area contributed by atoms with E-state index in [1.165, 1.54) is 0 Å². The number of ether oxygens (including phenoxy) is 1. The molecule has 0 heterocycles. The summed E-state index contributed by atoms with van der Waals surface area (Å²) in [7, 11) is 1.60. The van der Waals surface area contributed by atoms with E-state index in [2.05, 4.69) is 5.32 Å². The van der Waals surface area contributed by atoms with Gasteiger partial charge in [0.15, 0.2) is 0 Å². The van der Waals surface area contributed by atoms with Gasteiger partial charge in [0.25, 0.3) is 0 Å². The number of amides is 2. The molecule has 0 unspecified atom stereocenters. The molecule has 5 nitrogen and oxygen atoms in total. The molecule has 2 aromatic carbocycles. The van der Waals surface area contributed by atoms with E-state index in [-0.39, 0.29) is 24.3 Å². The van der Waals surface area contributed by atoms with Gasteiger partial charge in [-0.2, -0.15) is 0 Å². The van der Waals surface area contributed by atoms with Gasteiger partial charge in [-0.05, 0) is 55.7 Å². The molecule has 2 aromatic rings. The van der Waals surface area contributed by atoms with Crippen LogP contribution in [0.3, 0.4) is 0 Å². The predicted octanol–water partition coefficient (Wildman–Crippen LogP) is 4.22. The maximum Gasteiger partial charge on any atom is 0.243 e. The Balaban J connectivity index is 2.26. The van der Waals surface area contributed by atoms with Crippen LogP contribution in [0, 0.1) is 0 Å². The standard InChI is InChI=1S/C23H29ClN2O3/c1-5-21(23(28)25-16(2)3)26(15-18-6-10-19(24)11-7-18)22(27)14-17-8-12-20(29-4)13-9-17/h6-13,16,21H,5,14-15H2,1-4H3,(H,25,28)/t21-/m1/s1. The number of rotatable bonds is 9. The molecule has 2 amide bonds. The molecule has 0 bridgehead atoms. The second-order valence-corrected chi connectivity index (χ2v) is 7.70. The topological polar surface area (TPSA) is 58.6 Å². The highest BCUT2D eigenvalue weighted by molar-refractivity contribution is 6.30. The Kier molecular flexibility index (Phi) is 8.52. The number of hydrogen-bond donors (Lipinski definition) is 1. The number of halogens is 1. The highest BCUT2D eigenvalue weighted by atomic mass is 35.5. The van der Waals surface area contributed by atoms with E-state index in [0.29, 0.717) is 18.0 Å². The van der Waals surface area contributed by atoms with Crippen molar-refractivity contribution in [1.82, 2.24) is 10.2 Å². The molecule has 156 valence electrons. The minimum Gasteiger partial charge on any atom is -0.497 e. The zero-order valence-electron chi connectivity index (χ0n) is 17.4. The molecule has 0 saturated carbocycles. The average molecular weight is 417 g/mol. The van der Waals surface area contributed by atoms with Gasteiger partial charge in [0.2, 0.25) is 11.8 Å². The monoisotopic (exact) mass is 416 g/mol. The first-order valence-corrected chi connectivity index (χ1v) is 10.2. The van der Waals surface area contributed by atoms with Gasteiger partial charge in [-0.25, -0.2) is 0 Å². The van der Waals surface area contributed by atoms with Gasteiger partial charge in [-0.1, -0.05) is 42.8 Å². The van der Waals surface area contributed by atoms with Crippen LogP contribution in [0.5, 0.6) is 5.75 Å². The van der Waals surface area contributed by atoms with Crippen LogP contribution in [-0.2, 0) is 22.6 Å². The number of carbonyl (C=O) groups excluding carboxylic acids is 2. The molecule has 0 radical (unpaired) electrons. The fraction of sp³-hybridized carbons (Fsp3) is 0.391. The minimum atomic E-state index is -0.543. The van der Waals surface area contributed by atoms with Crippen molar-refractivity contribution in [3.8, 4) is 5.75 Å². The summed E-state index contributed by atoms with van der Waals surface area (Å²) in [6, 6.07) is 14.2. The van der Waals surface area contributed by atoms with E-state index in [0.717, 1.165) is 16.9 Å². The van der Waals surface area contributed by atoms with Crippen molar-refractivity contribution in [3.05, 3.63) is 64.7 Å². The highest BCUT2D eigenvalue weighted by Crippen LogP contribution is 2.18. The number of nitrogens with one attached hydrogen (secondary N) is 1. The lowest BCUT2D eigenvalue weighted by molar-refractivity contribution is -0.141. The second-order valence-electron chi connectivity index (χ2n) is 7.26. The zero-order chi connectivity index (χ0) is 21.4. The molecule has 0 aromatic heterocycles. The van der Waals surface area contributed by atoms with Crippen LogP contribution in [-0.4, -0.2) is 35.9 Å². The Morgan fingerprint density at radius 1 is 1.03 bits per heavy atom. The number of methoxy groups -OCH3 is 1. The molecular formula is C23H29ClN2O3. The van der Waals surface area contributed by atoms with Gasteiger partial charge < -0.3 is 15.0 Å². The average Bonchev–Trinajstić information content (AvgIpc) is 2.69. The number of hydrogen-bond acceptors (Lipinski definition) is 3. The fourth-order valence-electron chi connectivity index (χ4n) is 3.11. The normalized spacial score (nSPS) is 11.8. The third kappa shape index (κ3) is 6.79. The summed E-state index contributed by atoms with van der Waals surface area (Å²) in [6.07, 6.45) is 0.740.